The summed E-state index contributed by atoms with van der Waals surface area (Å²) in [6.07, 6.45) is 7.48. The van der Waals surface area contributed by atoms with E-state index >= 15 is 0 Å². The minimum atomic E-state index is -0.470. The molecule has 0 fully saturated rings. The van der Waals surface area contributed by atoms with E-state index in [1.807, 2.05) is 10.8 Å². The summed E-state index contributed by atoms with van der Waals surface area (Å²) in [5.74, 6) is -1.09. The molecular formula is C21H19F2N5O. The Bertz CT molecular complexity index is 1150. The molecule has 0 saturated heterocycles. The number of hydrogen-bond donors (Lipinski definition) is 3. The summed E-state index contributed by atoms with van der Waals surface area (Å²) in [4.78, 5) is 10.9. The maximum Gasteiger partial charge on any atom is 0.198 e. The van der Waals surface area contributed by atoms with Crippen LogP contribution in [0.2, 0.25) is 0 Å². The third-order valence-electron chi connectivity index (χ3n) is 4.55. The summed E-state index contributed by atoms with van der Waals surface area (Å²) < 4.78 is 30.4. The Morgan fingerprint density at radius 1 is 1.21 bits per heavy atom. The van der Waals surface area contributed by atoms with Crippen LogP contribution in [0.5, 0.6) is 5.88 Å². The van der Waals surface area contributed by atoms with Crippen LogP contribution in [-0.4, -0.2) is 32.4 Å². The van der Waals surface area contributed by atoms with Crippen molar-refractivity contribution in [3.63, 3.8) is 0 Å². The van der Waals surface area contributed by atoms with Gasteiger partial charge in [-0.3, -0.25) is 4.99 Å². The van der Waals surface area contributed by atoms with Gasteiger partial charge in [-0.25, -0.2) is 13.8 Å². The highest BCUT2D eigenvalue weighted by atomic mass is 19.1. The molecule has 148 valence electrons. The van der Waals surface area contributed by atoms with Gasteiger partial charge in [-0.15, -0.1) is 0 Å². The molecule has 29 heavy (non-hydrogen) atoms. The molecule has 4 aromatic rings. The minimum absolute atomic E-state index is 0.189. The molecular weight excluding hydrogens is 376 g/mol. The fourth-order valence-electron chi connectivity index (χ4n) is 3.11. The predicted molar refractivity (Wildman–Crippen MR) is 109 cm³/mol. The van der Waals surface area contributed by atoms with Crippen LogP contribution >= 0.6 is 0 Å². The number of hydrogen-bond acceptors (Lipinski definition) is 4. The number of halogens is 2. The maximum atomic E-state index is 14.3. The summed E-state index contributed by atoms with van der Waals surface area (Å²) in [5.41, 5.74) is 1.43. The van der Waals surface area contributed by atoms with Crippen LogP contribution in [-0.2, 0) is 6.54 Å². The molecule has 0 aliphatic heterocycles. The summed E-state index contributed by atoms with van der Waals surface area (Å²) in [6.45, 7) is 1.40. The Balaban J connectivity index is 1.44. The van der Waals surface area contributed by atoms with E-state index < -0.39 is 11.6 Å². The van der Waals surface area contributed by atoms with E-state index in [9.17, 15) is 13.9 Å². The Morgan fingerprint density at radius 3 is 2.90 bits per heavy atom. The molecule has 2 aromatic carbocycles. The van der Waals surface area contributed by atoms with Crippen LogP contribution in [0, 0.1) is 11.6 Å². The first kappa shape index (κ1) is 18.7. The van der Waals surface area contributed by atoms with Gasteiger partial charge in [0, 0.05) is 43.2 Å². The molecule has 0 radical (unpaired) electrons. The van der Waals surface area contributed by atoms with E-state index in [1.165, 1.54) is 18.3 Å². The number of aromatic hydroxyl groups is 1. The molecule has 4 rings (SSSR count). The van der Waals surface area contributed by atoms with E-state index in [0.29, 0.717) is 23.4 Å². The van der Waals surface area contributed by atoms with E-state index in [-0.39, 0.29) is 16.8 Å². The number of fused-ring (bicyclic) bond motifs is 1. The fraction of sp³-hybridized carbons (Fsp3) is 0.143. The Labute approximate surface area is 165 Å². The first-order valence-corrected chi connectivity index (χ1v) is 9.14. The van der Waals surface area contributed by atoms with Gasteiger partial charge in [0.15, 0.2) is 5.88 Å². The zero-order valence-electron chi connectivity index (χ0n) is 15.4. The van der Waals surface area contributed by atoms with Crippen LogP contribution in [0.1, 0.15) is 12.0 Å². The van der Waals surface area contributed by atoms with Crippen molar-refractivity contribution in [3.8, 4) is 5.88 Å². The molecule has 0 aliphatic carbocycles. The zero-order valence-corrected chi connectivity index (χ0v) is 15.4. The van der Waals surface area contributed by atoms with Crippen molar-refractivity contribution >= 4 is 28.5 Å². The number of nitrogens with one attached hydrogen (secondary N) is 2. The van der Waals surface area contributed by atoms with Crippen molar-refractivity contribution in [3.05, 3.63) is 72.3 Å². The number of nitrogens with zero attached hydrogens (tertiary/aromatic N) is 3. The second-order valence-electron chi connectivity index (χ2n) is 6.55. The molecule has 0 aliphatic rings. The SMILES string of the molecule is Oc1[nH]c2cccc(F)c2c1C=Nc1ccc(NCCCn2ccnc2)c(F)c1. The fourth-order valence-corrected chi connectivity index (χ4v) is 3.11. The quantitative estimate of drug-likeness (QED) is 0.316. The number of benzene rings is 2. The second kappa shape index (κ2) is 8.14. The third kappa shape index (κ3) is 4.11. The summed E-state index contributed by atoms with van der Waals surface area (Å²) in [5, 5.41) is 13.3. The Morgan fingerprint density at radius 2 is 2.10 bits per heavy atom. The second-order valence-corrected chi connectivity index (χ2v) is 6.55. The van der Waals surface area contributed by atoms with Gasteiger partial charge in [0.05, 0.1) is 28.8 Å². The van der Waals surface area contributed by atoms with Gasteiger partial charge in [-0.1, -0.05) is 6.07 Å². The monoisotopic (exact) mass is 395 g/mol. The van der Waals surface area contributed by atoms with Gasteiger partial charge in [-0.2, -0.15) is 0 Å². The van der Waals surface area contributed by atoms with Gasteiger partial charge < -0.3 is 20.0 Å². The summed E-state index contributed by atoms with van der Waals surface area (Å²) in [7, 11) is 0. The Hall–Kier alpha value is -3.68. The van der Waals surface area contributed by atoms with E-state index in [1.54, 1.807) is 36.8 Å². The van der Waals surface area contributed by atoms with Gasteiger partial charge >= 0.3 is 0 Å². The molecule has 0 saturated carbocycles. The van der Waals surface area contributed by atoms with Crippen LogP contribution in [0.3, 0.4) is 0 Å². The van der Waals surface area contributed by atoms with Crippen molar-refractivity contribution in [1.82, 2.24) is 14.5 Å². The third-order valence-corrected chi connectivity index (χ3v) is 4.55. The number of imidazole rings is 1. The van der Waals surface area contributed by atoms with E-state index in [4.69, 9.17) is 0 Å². The Kier molecular flexibility index (Phi) is 5.24. The zero-order chi connectivity index (χ0) is 20.2. The van der Waals surface area contributed by atoms with Crippen LogP contribution in [0.15, 0.2) is 60.1 Å². The van der Waals surface area contributed by atoms with Crippen LogP contribution < -0.4 is 5.32 Å². The topological polar surface area (TPSA) is 78.2 Å². The lowest BCUT2D eigenvalue weighted by Gasteiger charge is -2.08. The molecule has 0 unspecified atom stereocenters. The average molecular weight is 395 g/mol. The smallest absolute Gasteiger partial charge is 0.198 e. The molecule has 2 aromatic heterocycles. The molecule has 0 bridgehead atoms. The predicted octanol–water partition coefficient (Wildman–Crippen LogP) is 4.60. The van der Waals surface area contributed by atoms with E-state index in [0.717, 1.165) is 13.0 Å². The molecule has 0 atom stereocenters. The van der Waals surface area contributed by atoms with Crippen molar-refractivity contribution in [1.29, 1.82) is 0 Å². The largest absolute Gasteiger partial charge is 0.494 e. The first-order chi connectivity index (χ1) is 14.1. The number of anilines is 1. The lowest BCUT2D eigenvalue weighted by molar-refractivity contribution is 0.457. The number of H-pyrrole nitrogens is 1. The highest BCUT2D eigenvalue weighted by molar-refractivity contribution is 6.02. The minimum Gasteiger partial charge on any atom is -0.494 e. The van der Waals surface area contributed by atoms with Crippen LogP contribution in [0.25, 0.3) is 10.9 Å². The van der Waals surface area contributed by atoms with Gasteiger partial charge in [0.1, 0.15) is 11.6 Å². The molecule has 6 nitrogen and oxygen atoms in total. The van der Waals surface area contributed by atoms with Crippen molar-refractivity contribution < 1.29 is 13.9 Å². The molecule has 3 N–H and O–H groups in total. The molecule has 2 heterocycles. The number of aromatic amines is 1. The highest BCUT2D eigenvalue weighted by Crippen LogP contribution is 2.29. The lowest BCUT2D eigenvalue weighted by Crippen LogP contribution is -2.06. The van der Waals surface area contributed by atoms with Gasteiger partial charge in [0.2, 0.25) is 0 Å². The van der Waals surface area contributed by atoms with Crippen molar-refractivity contribution in [2.75, 3.05) is 11.9 Å². The first-order valence-electron chi connectivity index (χ1n) is 9.14. The number of aliphatic imine (C=N–C) groups is 1. The average Bonchev–Trinajstić information content (AvgIpc) is 3.33. The van der Waals surface area contributed by atoms with Crippen molar-refractivity contribution in [2.24, 2.45) is 4.99 Å². The van der Waals surface area contributed by atoms with Gasteiger partial charge in [0.25, 0.3) is 0 Å². The lowest BCUT2D eigenvalue weighted by atomic mass is 10.1. The van der Waals surface area contributed by atoms with Crippen molar-refractivity contribution in [2.45, 2.75) is 13.0 Å². The van der Waals surface area contributed by atoms with Gasteiger partial charge in [-0.05, 0) is 30.7 Å². The number of rotatable bonds is 7. The van der Waals surface area contributed by atoms with E-state index in [2.05, 4.69) is 20.3 Å². The summed E-state index contributed by atoms with van der Waals surface area (Å²) >= 11 is 0. The standard InChI is InChI=1S/C21H19F2N5O/c22-16-3-1-4-19-20(16)15(21(29)27-19)12-26-14-5-6-18(17(23)11-14)25-7-2-9-28-10-8-24-13-28/h1,3-6,8,10-13,25,27,29H,2,7,9H2. The molecule has 0 spiro atoms. The normalized spacial score (nSPS) is 11.5. The summed E-state index contributed by atoms with van der Waals surface area (Å²) in [6, 6.07) is 9.05. The van der Waals surface area contributed by atoms with Crippen LogP contribution in [0.4, 0.5) is 20.2 Å². The number of aryl methyl sites for hydroxylation is 1. The molecule has 0 amide bonds. The number of aromatic nitrogens is 3. The molecule has 8 heteroatoms. The maximum absolute atomic E-state index is 14.3. The highest BCUT2D eigenvalue weighted by Gasteiger charge is 2.12.